The van der Waals surface area contributed by atoms with Crippen LogP contribution in [-0.2, 0) is 18.3 Å². The summed E-state index contributed by atoms with van der Waals surface area (Å²) >= 11 is 0. The van der Waals surface area contributed by atoms with E-state index in [1.165, 1.54) is 0 Å². The molecule has 0 spiro atoms. The molecule has 2 N–H and O–H groups in total. The number of ether oxygens (including phenoxy) is 1. The van der Waals surface area contributed by atoms with Gasteiger partial charge in [-0.05, 0) is 53.4 Å². The molecule has 0 bridgehead atoms. The van der Waals surface area contributed by atoms with E-state index < -0.39 is 24.9 Å². The van der Waals surface area contributed by atoms with Gasteiger partial charge in [-0.2, -0.15) is 0 Å². The summed E-state index contributed by atoms with van der Waals surface area (Å²) in [5, 5.41) is 5.56. The van der Waals surface area contributed by atoms with Crippen LogP contribution in [0.1, 0.15) is 60.3 Å². The zero-order chi connectivity index (χ0) is 19.8. The van der Waals surface area contributed by atoms with Crippen molar-refractivity contribution >= 4 is 19.3 Å². The van der Waals surface area contributed by atoms with Crippen LogP contribution in [0.25, 0.3) is 0 Å². The summed E-state index contributed by atoms with van der Waals surface area (Å²) in [6, 6.07) is -0.0996. The Labute approximate surface area is 156 Å². The highest BCUT2D eigenvalue weighted by Crippen LogP contribution is 2.48. The Morgan fingerprint density at radius 3 is 2.19 bits per heavy atom. The van der Waals surface area contributed by atoms with E-state index in [2.05, 4.69) is 10.6 Å². The van der Waals surface area contributed by atoms with Crippen LogP contribution in [0.15, 0.2) is 0 Å². The van der Waals surface area contributed by atoms with E-state index >= 15 is 0 Å². The molecule has 1 rings (SSSR count). The molecule has 0 aromatic carbocycles. The number of alkyl carbamates (subject to hydrolysis) is 1. The van der Waals surface area contributed by atoms with Crippen molar-refractivity contribution in [2.45, 2.75) is 71.9 Å². The highest BCUT2D eigenvalue weighted by atomic mass is 31.2. The number of nitrogens with one attached hydrogen (secondary N) is 2. The SMILES string of the molecule is CCOP(=O)(OCC)C(=O)NC[C@@H]1CCCC[C@@H]1NC(=O)OC(C)(C)C. The summed E-state index contributed by atoms with van der Waals surface area (Å²) in [4.78, 5) is 24.3. The molecule has 26 heavy (non-hydrogen) atoms. The van der Waals surface area contributed by atoms with E-state index in [1.54, 1.807) is 13.8 Å². The van der Waals surface area contributed by atoms with Crippen molar-refractivity contribution in [2.75, 3.05) is 19.8 Å². The summed E-state index contributed by atoms with van der Waals surface area (Å²) in [6.07, 6.45) is 3.22. The van der Waals surface area contributed by atoms with Gasteiger partial charge in [0.05, 0.1) is 13.2 Å². The molecular formula is C17H33N2O6P. The molecule has 2 amide bonds. The minimum Gasteiger partial charge on any atom is -0.444 e. The number of hydrogen-bond donors (Lipinski definition) is 2. The lowest BCUT2D eigenvalue weighted by Crippen LogP contribution is -2.47. The third-order valence-corrected chi connectivity index (χ3v) is 5.83. The molecule has 152 valence electrons. The summed E-state index contributed by atoms with van der Waals surface area (Å²) in [5.74, 6) is 0.0388. The monoisotopic (exact) mass is 392 g/mol. The van der Waals surface area contributed by atoms with Crippen LogP contribution in [-0.4, -0.2) is 43.1 Å². The Balaban J connectivity index is 2.63. The van der Waals surface area contributed by atoms with E-state index in [0.717, 1.165) is 25.7 Å². The molecule has 0 saturated heterocycles. The molecule has 0 radical (unpaired) electrons. The van der Waals surface area contributed by atoms with Crippen molar-refractivity contribution in [1.29, 1.82) is 0 Å². The van der Waals surface area contributed by atoms with Crippen LogP contribution in [0.2, 0.25) is 0 Å². The number of amides is 2. The molecule has 0 heterocycles. The van der Waals surface area contributed by atoms with Crippen molar-refractivity contribution in [1.82, 2.24) is 10.6 Å². The Morgan fingerprint density at radius 1 is 1.08 bits per heavy atom. The lowest BCUT2D eigenvalue weighted by atomic mass is 9.84. The average molecular weight is 392 g/mol. The fourth-order valence-electron chi connectivity index (χ4n) is 2.91. The number of rotatable bonds is 8. The highest BCUT2D eigenvalue weighted by molar-refractivity contribution is 7.71. The van der Waals surface area contributed by atoms with Gasteiger partial charge in [-0.1, -0.05) is 12.8 Å². The maximum Gasteiger partial charge on any atom is 0.418 e. The Kier molecular flexibility index (Phi) is 9.07. The van der Waals surface area contributed by atoms with Crippen molar-refractivity contribution in [3.8, 4) is 0 Å². The van der Waals surface area contributed by atoms with Gasteiger partial charge >= 0.3 is 19.3 Å². The van der Waals surface area contributed by atoms with Gasteiger partial charge in [-0.25, -0.2) is 9.36 Å². The van der Waals surface area contributed by atoms with Crippen LogP contribution < -0.4 is 10.6 Å². The second kappa shape index (κ2) is 10.3. The first kappa shape index (κ1) is 22.9. The molecule has 1 aliphatic rings. The van der Waals surface area contributed by atoms with Gasteiger partial charge in [0.2, 0.25) is 0 Å². The molecule has 1 aliphatic carbocycles. The molecule has 8 nitrogen and oxygen atoms in total. The fraction of sp³-hybridized carbons (Fsp3) is 0.882. The van der Waals surface area contributed by atoms with Crippen LogP contribution in [0.5, 0.6) is 0 Å². The molecule has 0 unspecified atom stereocenters. The Morgan fingerprint density at radius 2 is 1.65 bits per heavy atom. The first-order valence-corrected chi connectivity index (χ1v) is 10.8. The normalized spacial score (nSPS) is 21.1. The average Bonchev–Trinajstić information content (AvgIpc) is 2.52. The van der Waals surface area contributed by atoms with Gasteiger partial charge in [0, 0.05) is 12.6 Å². The third-order valence-electron chi connectivity index (χ3n) is 3.97. The maximum absolute atomic E-state index is 12.5. The zero-order valence-electron chi connectivity index (χ0n) is 16.5. The molecule has 0 aromatic heterocycles. The second-order valence-corrected chi connectivity index (χ2v) is 9.23. The van der Waals surface area contributed by atoms with Gasteiger partial charge < -0.3 is 24.4 Å². The van der Waals surface area contributed by atoms with Crippen molar-refractivity contribution in [2.24, 2.45) is 5.92 Å². The smallest absolute Gasteiger partial charge is 0.418 e. The van der Waals surface area contributed by atoms with E-state index in [-0.39, 0.29) is 25.2 Å². The Hall–Kier alpha value is -1.11. The van der Waals surface area contributed by atoms with Gasteiger partial charge in [0.15, 0.2) is 0 Å². The predicted octanol–water partition coefficient (Wildman–Crippen LogP) is 4.05. The molecule has 0 aromatic rings. The van der Waals surface area contributed by atoms with Crippen molar-refractivity contribution in [3.63, 3.8) is 0 Å². The van der Waals surface area contributed by atoms with Crippen LogP contribution in [0, 0.1) is 5.92 Å². The minimum absolute atomic E-state index is 0.0388. The van der Waals surface area contributed by atoms with E-state index in [4.69, 9.17) is 13.8 Å². The molecule has 1 saturated carbocycles. The maximum atomic E-state index is 12.5. The first-order chi connectivity index (χ1) is 12.1. The predicted molar refractivity (Wildman–Crippen MR) is 99.4 cm³/mol. The molecule has 2 atom stereocenters. The van der Waals surface area contributed by atoms with Gasteiger partial charge in [0.25, 0.3) is 0 Å². The largest absolute Gasteiger partial charge is 0.444 e. The number of carbonyl (C=O) groups excluding carboxylic acids is 2. The lowest BCUT2D eigenvalue weighted by Gasteiger charge is -2.33. The minimum atomic E-state index is -3.82. The Bertz CT molecular complexity index is 510. The summed E-state index contributed by atoms with van der Waals surface area (Å²) in [7, 11) is -3.82. The van der Waals surface area contributed by atoms with E-state index in [9.17, 15) is 14.2 Å². The quantitative estimate of drug-likeness (QED) is 0.604. The van der Waals surface area contributed by atoms with Crippen molar-refractivity contribution < 1.29 is 27.9 Å². The lowest BCUT2D eigenvalue weighted by molar-refractivity contribution is 0.0470. The topological polar surface area (TPSA) is 103 Å². The molecule has 1 fully saturated rings. The molecular weight excluding hydrogens is 359 g/mol. The fourth-order valence-corrected chi connectivity index (χ4v) is 4.18. The summed E-state index contributed by atoms with van der Waals surface area (Å²) in [6.45, 7) is 9.28. The molecule has 0 aliphatic heterocycles. The second-order valence-electron chi connectivity index (χ2n) is 7.32. The van der Waals surface area contributed by atoms with E-state index in [0.29, 0.717) is 6.54 Å². The van der Waals surface area contributed by atoms with Crippen LogP contribution >= 0.6 is 7.60 Å². The number of carbonyl (C=O) groups is 2. The van der Waals surface area contributed by atoms with Crippen molar-refractivity contribution in [3.05, 3.63) is 0 Å². The third kappa shape index (κ3) is 7.64. The van der Waals surface area contributed by atoms with Gasteiger partial charge in [0.1, 0.15) is 5.60 Å². The molecule has 9 heteroatoms. The highest BCUT2D eigenvalue weighted by Gasteiger charge is 2.36. The standard InChI is InChI=1S/C17H33N2O6P/c1-6-23-26(22,24-7-2)16(21)18-12-13-10-8-9-11-14(13)19-15(20)25-17(3,4)5/h13-14H,6-12H2,1-5H3,(H,18,21)(H,19,20)/t13-,14-/m0/s1. The summed E-state index contributed by atoms with van der Waals surface area (Å²) < 4.78 is 27.9. The first-order valence-electron chi connectivity index (χ1n) is 9.28. The van der Waals surface area contributed by atoms with Crippen LogP contribution in [0.3, 0.4) is 0 Å². The number of hydrogen-bond acceptors (Lipinski definition) is 6. The van der Waals surface area contributed by atoms with Gasteiger partial charge in [-0.15, -0.1) is 0 Å². The van der Waals surface area contributed by atoms with E-state index in [1.807, 2.05) is 20.8 Å². The van der Waals surface area contributed by atoms with Crippen LogP contribution in [0.4, 0.5) is 9.59 Å². The summed E-state index contributed by atoms with van der Waals surface area (Å²) in [5.41, 5.74) is -1.30. The van der Waals surface area contributed by atoms with Gasteiger partial charge in [-0.3, -0.25) is 4.79 Å². The zero-order valence-corrected chi connectivity index (χ0v) is 17.4.